The fraction of sp³-hybridized carbons (Fsp3) is 0.391. The highest BCUT2D eigenvalue weighted by molar-refractivity contribution is 6.01. The van der Waals surface area contributed by atoms with Gasteiger partial charge in [0.15, 0.2) is 6.61 Å². The van der Waals surface area contributed by atoms with Gasteiger partial charge in [-0.25, -0.2) is 0 Å². The molecule has 6 nitrogen and oxygen atoms in total. The highest BCUT2D eigenvalue weighted by atomic mass is 35.5. The molecule has 2 aromatic carbocycles. The fourth-order valence-electron chi connectivity index (χ4n) is 5.16. The summed E-state index contributed by atoms with van der Waals surface area (Å²) in [7, 11) is 3.90. The minimum atomic E-state index is -0.105. The van der Waals surface area contributed by atoms with Gasteiger partial charge in [-0.05, 0) is 36.7 Å². The Labute approximate surface area is 182 Å². The van der Waals surface area contributed by atoms with Crippen LogP contribution >= 0.6 is 12.4 Å². The summed E-state index contributed by atoms with van der Waals surface area (Å²) in [6.07, 6.45) is 0. The van der Waals surface area contributed by atoms with E-state index >= 15 is 0 Å². The molecule has 0 saturated carbocycles. The standard InChI is InChI=1S/C23H25N3O3.ClH/c1-24-11-17-12-26(13-18(17)22(24)15-6-4-3-5-7-15)23(28)16-8-9-20-19(10-16)25(2)21(27)14-29-20;/h3-10,17-18,22H,11-14H2,1-2H3;1H/t17-,18+,22-;/m0./s1. The highest BCUT2D eigenvalue weighted by Crippen LogP contribution is 2.44. The highest BCUT2D eigenvalue weighted by Gasteiger charge is 2.47. The molecule has 158 valence electrons. The van der Waals surface area contributed by atoms with Crippen LogP contribution in [0.25, 0.3) is 0 Å². The summed E-state index contributed by atoms with van der Waals surface area (Å²) in [5.74, 6) is 1.50. The van der Waals surface area contributed by atoms with Crippen molar-refractivity contribution in [3.05, 3.63) is 59.7 Å². The third-order valence-electron chi connectivity index (χ3n) is 6.62. The second-order valence-electron chi connectivity index (χ2n) is 8.35. The number of fused-ring (bicyclic) bond motifs is 2. The summed E-state index contributed by atoms with van der Waals surface area (Å²) < 4.78 is 5.48. The van der Waals surface area contributed by atoms with Crippen LogP contribution in [-0.4, -0.2) is 62.0 Å². The molecule has 3 aliphatic heterocycles. The third kappa shape index (κ3) is 3.34. The largest absolute Gasteiger partial charge is 0.482 e. The van der Waals surface area contributed by atoms with Gasteiger partial charge in [0.1, 0.15) is 5.75 Å². The number of rotatable bonds is 2. The van der Waals surface area contributed by atoms with Crippen LogP contribution in [0, 0.1) is 11.8 Å². The van der Waals surface area contributed by atoms with Crippen molar-refractivity contribution in [1.29, 1.82) is 0 Å². The van der Waals surface area contributed by atoms with Gasteiger partial charge in [0.2, 0.25) is 0 Å². The van der Waals surface area contributed by atoms with E-state index in [9.17, 15) is 9.59 Å². The Kier molecular flexibility index (Phi) is 5.47. The fourth-order valence-corrected chi connectivity index (χ4v) is 5.16. The second kappa shape index (κ2) is 7.93. The number of ether oxygens (including phenoxy) is 1. The van der Waals surface area contributed by atoms with Gasteiger partial charge in [0.25, 0.3) is 11.8 Å². The molecule has 3 aliphatic rings. The van der Waals surface area contributed by atoms with E-state index in [4.69, 9.17) is 4.74 Å². The molecule has 0 radical (unpaired) electrons. The Balaban J connectivity index is 0.00000218. The van der Waals surface area contributed by atoms with Crippen LogP contribution in [0.15, 0.2) is 48.5 Å². The summed E-state index contributed by atoms with van der Waals surface area (Å²) in [6.45, 7) is 2.58. The van der Waals surface area contributed by atoms with Gasteiger partial charge in [0, 0.05) is 44.2 Å². The van der Waals surface area contributed by atoms with E-state index in [0.717, 1.165) is 19.6 Å². The summed E-state index contributed by atoms with van der Waals surface area (Å²) in [6, 6.07) is 16.3. The number of benzene rings is 2. The van der Waals surface area contributed by atoms with Gasteiger partial charge in [0.05, 0.1) is 5.69 Å². The van der Waals surface area contributed by atoms with Crippen LogP contribution < -0.4 is 9.64 Å². The van der Waals surface area contributed by atoms with Crippen molar-refractivity contribution in [2.75, 3.05) is 45.2 Å². The predicted molar refractivity (Wildman–Crippen MR) is 117 cm³/mol. The first kappa shape index (κ1) is 20.7. The van der Waals surface area contributed by atoms with Gasteiger partial charge in [-0.3, -0.25) is 14.5 Å². The Bertz CT molecular complexity index is 967. The van der Waals surface area contributed by atoms with Crippen LogP contribution in [0.4, 0.5) is 5.69 Å². The van der Waals surface area contributed by atoms with Gasteiger partial charge in [-0.15, -0.1) is 12.4 Å². The molecule has 3 atom stereocenters. The van der Waals surface area contributed by atoms with Crippen molar-refractivity contribution in [3.63, 3.8) is 0 Å². The molecule has 0 aromatic heterocycles. The monoisotopic (exact) mass is 427 g/mol. The number of carbonyl (C=O) groups excluding carboxylic acids is 2. The third-order valence-corrected chi connectivity index (χ3v) is 6.62. The quantitative estimate of drug-likeness (QED) is 0.739. The normalized spacial score (nSPS) is 25.4. The van der Waals surface area contributed by atoms with Gasteiger partial charge in [-0.2, -0.15) is 0 Å². The molecule has 2 fully saturated rings. The minimum Gasteiger partial charge on any atom is -0.482 e. The lowest BCUT2D eigenvalue weighted by Gasteiger charge is -2.28. The zero-order chi connectivity index (χ0) is 20.1. The van der Waals surface area contributed by atoms with Crippen molar-refractivity contribution < 1.29 is 14.3 Å². The molecule has 0 unspecified atom stereocenters. The molecule has 30 heavy (non-hydrogen) atoms. The number of amides is 2. The van der Waals surface area contributed by atoms with Gasteiger partial charge in [-0.1, -0.05) is 30.3 Å². The van der Waals surface area contributed by atoms with Crippen LogP contribution in [0.2, 0.25) is 0 Å². The molecule has 2 amide bonds. The van der Waals surface area contributed by atoms with Crippen LogP contribution in [-0.2, 0) is 4.79 Å². The lowest BCUT2D eigenvalue weighted by atomic mass is 9.90. The maximum Gasteiger partial charge on any atom is 0.264 e. The number of carbonyl (C=O) groups is 2. The molecule has 7 heteroatoms. The molecule has 0 spiro atoms. The first-order valence-electron chi connectivity index (χ1n) is 10.1. The topological polar surface area (TPSA) is 53.1 Å². The van der Waals surface area contributed by atoms with E-state index in [1.807, 2.05) is 11.0 Å². The van der Waals surface area contributed by atoms with E-state index in [0.29, 0.717) is 34.9 Å². The lowest BCUT2D eigenvalue weighted by Crippen LogP contribution is -2.36. The van der Waals surface area contributed by atoms with E-state index in [1.165, 1.54) is 5.56 Å². The van der Waals surface area contributed by atoms with Crippen LogP contribution in [0.5, 0.6) is 5.75 Å². The molecule has 2 aromatic rings. The van der Waals surface area contributed by atoms with E-state index in [1.54, 1.807) is 30.1 Å². The molecule has 3 heterocycles. The average molecular weight is 428 g/mol. The number of hydrogen-bond acceptors (Lipinski definition) is 4. The summed E-state index contributed by atoms with van der Waals surface area (Å²) in [4.78, 5) is 31.1. The molecular formula is C23H26ClN3O3. The summed E-state index contributed by atoms with van der Waals surface area (Å²) in [5.41, 5.74) is 2.59. The van der Waals surface area contributed by atoms with Crippen molar-refractivity contribution in [2.45, 2.75) is 6.04 Å². The van der Waals surface area contributed by atoms with E-state index in [2.05, 4.69) is 36.2 Å². The van der Waals surface area contributed by atoms with Crippen LogP contribution in [0.3, 0.4) is 0 Å². The molecule has 2 saturated heterocycles. The van der Waals surface area contributed by atoms with Crippen molar-refractivity contribution >= 4 is 29.9 Å². The number of hydrogen-bond donors (Lipinski definition) is 0. The maximum absolute atomic E-state index is 13.2. The smallest absolute Gasteiger partial charge is 0.264 e. The van der Waals surface area contributed by atoms with E-state index < -0.39 is 0 Å². The molecule has 0 N–H and O–H groups in total. The van der Waals surface area contributed by atoms with Crippen LogP contribution in [0.1, 0.15) is 22.0 Å². The number of anilines is 1. The van der Waals surface area contributed by atoms with Crippen molar-refractivity contribution in [2.24, 2.45) is 11.8 Å². The zero-order valence-electron chi connectivity index (χ0n) is 17.2. The molecule has 0 bridgehead atoms. The van der Waals surface area contributed by atoms with Crippen molar-refractivity contribution in [1.82, 2.24) is 9.80 Å². The van der Waals surface area contributed by atoms with E-state index in [-0.39, 0.29) is 30.8 Å². The Morgan fingerprint density at radius 1 is 1.03 bits per heavy atom. The second-order valence-corrected chi connectivity index (χ2v) is 8.35. The number of likely N-dealkylation sites (tertiary alicyclic amines) is 2. The Hall–Kier alpha value is -2.57. The molecule has 0 aliphatic carbocycles. The Morgan fingerprint density at radius 2 is 1.80 bits per heavy atom. The van der Waals surface area contributed by atoms with Gasteiger partial charge < -0.3 is 14.5 Å². The minimum absolute atomic E-state index is 0. The number of nitrogens with zero attached hydrogens (tertiary/aromatic N) is 3. The average Bonchev–Trinajstić information content (AvgIpc) is 3.27. The maximum atomic E-state index is 13.2. The van der Waals surface area contributed by atoms with Gasteiger partial charge >= 0.3 is 0 Å². The zero-order valence-corrected chi connectivity index (χ0v) is 18.0. The molecule has 5 rings (SSSR count). The Morgan fingerprint density at radius 3 is 2.57 bits per heavy atom. The lowest BCUT2D eigenvalue weighted by molar-refractivity contribution is -0.120. The first-order chi connectivity index (χ1) is 14.0. The number of halogens is 1. The predicted octanol–water partition coefficient (Wildman–Crippen LogP) is 2.84. The SMILES string of the molecule is CN1C(=O)COc2ccc(C(=O)N3C[C@@H]4CN(C)[C@@H](c5ccccc5)[C@@H]4C3)cc21.Cl. The first-order valence-corrected chi connectivity index (χ1v) is 10.1. The van der Waals surface area contributed by atoms with Crippen molar-refractivity contribution in [3.8, 4) is 5.75 Å². The number of likely N-dealkylation sites (N-methyl/N-ethyl adjacent to an activating group) is 1. The summed E-state index contributed by atoms with van der Waals surface area (Å²) in [5, 5.41) is 0. The summed E-state index contributed by atoms with van der Waals surface area (Å²) >= 11 is 0. The molecular weight excluding hydrogens is 402 g/mol.